The Kier molecular flexibility index (Phi) is 6.54. The third-order valence-corrected chi connectivity index (χ3v) is 6.21. The highest BCUT2D eigenvalue weighted by atomic mass is 19.4. The fourth-order valence-electron chi connectivity index (χ4n) is 4.15. The molecule has 0 saturated carbocycles. The molecule has 178 valence electrons. The average Bonchev–Trinajstić information content (AvgIpc) is 2.79. The minimum absolute atomic E-state index is 0.107. The fraction of sp³-hybridized carbons (Fsp3) is 0.458. The Bertz CT molecular complexity index is 975. The standard InChI is InChI=1S/C24H26F3NO5/c1-30-21-13-16(3-8-20(21)23(31-2)14-32-15-23)22(29)28-11-9-19(10-12-28)33-18-6-4-17(5-7-18)24(25,26)27/h3-8,13,19H,9-12,14-15H2,1-2H3. The van der Waals surface area contributed by atoms with Crippen molar-refractivity contribution in [3.05, 3.63) is 59.2 Å². The summed E-state index contributed by atoms with van der Waals surface area (Å²) in [5, 5.41) is 0. The maximum absolute atomic E-state index is 13.0. The SMILES string of the molecule is COc1cc(C(=O)N2CCC(Oc3ccc(C(F)(F)F)cc3)CC2)ccc1C1(OC)COC1. The molecule has 2 aliphatic rings. The first kappa shape index (κ1) is 23.4. The number of hydrogen-bond acceptors (Lipinski definition) is 5. The van der Waals surface area contributed by atoms with Crippen LogP contribution in [0.1, 0.15) is 34.3 Å². The monoisotopic (exact) mass is 465 g/mol. The second-order valence-corrected chi connectivity index (χ2v) is 8.24. The zero-order chi connectivity index (χ0) is 23.6. The van der Waals surface area contributed by atoms with E-state index in [4.69, 9.17) is 18.9 Å². The molecule has 2 aromatic carbocycles. The number of nitrogens with zero attached hydrogens (tertiary/aromatic N) is 1. The van der Waals surface area contributed by atoms with Crippen molar-refractivity contribution in [2.24, 2.45) is 0 Å². The van der Waals surface area contributed by atoms with Gasteiger partial charge in [0.2, 0.25) is 0 Å². The Hall–Kier alpha value is -2.78. The van der Waals surface area contributed by atoms with Gasteiger partial charge in [0.1, 0.15) is 23.2 Å². The summed E-state index contributed by atoms with van der Waals surface area (Å²) < 4.78 is 60.4. The minimum Gasteiger partial charge on any atom is -0.496 e. The van der Waals surface area contributed by atoms with Crippen molar-refractivity contribution in [3.8, 4) is 11.5 Å². The van der Waals surface area contributed by atoms with Gasteiger partial charge in [0, 0.05) is 44.2 Å². The van der Waals surface area contributed by atoms with Crippen LogP contribution in [0.2, 0.25) is 0 Å². The molecule has 0 bridgehead atoms. The van der Waals surface area contributed by atoms with E-state index in [0.29, 0.717) is 56.2 Å². The zero-order valence-corrected chi connectivity index (χ0v) is 18.5. The number of carbonyl (C=O) groups excluding carboxylic acids is 1. The minimum atomic E-state index is -4.37. The van der Waals surface area contributed by atoms with Gasteiger partial charge in [0.05, 0.1) is 25.9 Å². The summed E-state index contributed by atoms with van der Waals surface area (Å²) in [5.74, 6) is 0.857. The molecule has 2 heterocycles. The number of amides is 1. The summed E-state index contributed by atoms with van der Waals surface area (Å²) in [7, 11) is 3.18. The molecular weight excluding hydrogens is 439 g/mol. The Morgan fingerprint density at radius 2 is 1.73 bits per heavy atom. The smallest absolute Gasteiger partial charge is 0.416 e. The van der Waals surface area contributed by atoms with Gasteiger partial charge in [0.15, 0.2) is 0 Å². The second-order valence-electron chi connectivity index (χ2n) is 8.24. The van der Waals surface area contributed by atoms with Gasteiger partial charge in [-0.05, 0) is 36.4 Å². The van der Waals surface area contributed by atoms with Crippen LogP contribution in [-0.2, 0) is 21.3 Å². The lowest BCUT2D eigenvalue weighted by Crippen LogP contribution is -2.48. The highest BCUT2D eigenvalue weighted by Crippen LogP contribution is 2.39. The molecule has 0 unspecified atom stereocenters. The Balaban J connectivity index is 1.36. The molecule has 2 fully saturated rings. The largest absolute Gasteiger partial charge is 0.496 e. The molecule has 6 nitrogen and oxygen atoms in total. The van der Waals surface area contributed by atoms with Crippen LogP contribution in [0.25, 0.3) is 0 Å². The molecule has 2 aromatic rings. The van der Waals surface area contributed by atoms with Crippen LogP contribution in [-0.4, -0.2) is 57.4 Å². The number of piperidine rings is 1. The quantitative estimate of drug-likeness (QED) is 0.638. The molecule has 2 aliphatic heterocycles. The molecule has 0 spiro atoms. The van der Waals surface area contributed by atoms with Crippen LogP contribution in [0.3, 0.4) is 0 Å². The number of likely N-dealkylation sites (tertiary alicyclic amines) is 1. The molecule has 0 N–H and O–H groups in total. The number of halogens is 3. The highest BCUT2D eigenvalue weighted by Gasteiger charge is 2.43. The van der Waals surface area contributed by atoms with Gasteiger partial charge in [-0.15, -0.1) is 0 Å². The Labute approximate surface area is 190 Å². The van der Waals surface area contributed by atoms with Gasteiger partial charge >= 0.3 is 6.18 Å². The van der Waals surface area contributed by atoms with E-state index >= 15 is 0 Å². The van der Waals surface area contributed by atoms with Crippen molar-refractivity contribution in [2.45, 2.75) is 30.7 Å². The van der Waals surface area contributed by atoms with Crippen LogP contribution in [0.4, 0.5) is 13.2 Å². The van der Waals surface area contributed by atoms with Crippen molar-refractivity contribution in [1.82, 2.24) is 4.90 Å². The van der Waals surface area contributed by atoms with Crippen molar-refractivity contribution < 1.29 is 36.9 Å². The predicted molar refractivity (Wildman–Crippen MR) is 113 cm³/mol. The Morgan fingerprint density at radius 3 is 2.24 bits per heavy atom. The lowest BCUT2D eigenvalue weighted by atomic mass is 9.90. The lowest BCUT2D eigenvalue weighted by Gasteiger charge is -2.41. The summed E-state index contributed by atoms with van der Waals surface area (Å²) in [6.45, 7) is 1.84. The van der Waals surface area contributed by atoms with Gasteiger partial charge in [-0.3, -0.25) is 4.79 Å². The Morgan fingerprint density at radius 1 is 1.06 bits per heavy atom. The fourth-order valence-corrected chi connectivity index (χ4v) is 4.15. The maximum atomic E-state index is 13.0. The molecule has 0 radical (unpaired) electrons. The summed E-state index contributed by atoms with van der Waals surface area (Å²) >= 11 is 0. The summed E-state index contributed by atoms with van der Waals surface area (Å²) in [6.07, 6.45) is -3.36. The number of carbonyl (C=O) groups is 1. The van der Waals surface area contributed by atoms with E-state index in [1.807, 2.05) is 6.07 Å². The molecule has 33 heavy (non-hydrogen) atoms. The molecular formula is C24H26F3NO5. The first-order valence-electron chi connectivity index (χ1n) is 10.7. The molecule has 0 atom stereocenters. The summed E-state index contributed by atoms with van der Waals surface area (Å²) in [5.41, 5.74) is 0.0992. The van der Waals surface area contributed by atoms with Crippen molar-refractivity contribution in [3.63, 3.8) is 0 Å². The van der Waals surface area contributed by atoms with Gasteiger partial charge in [-0.2, -0.15) is 13.2 Å². The van der Waals surface area contributed by atoms with Gasteiger partial charge < -0.3 is 23.8 Å². The van der Waals surface area contributed by atoms with E-state index in [9.17, 15) is 18.0 Å². The number of alkyl halides is 3. The first-order chi connectivity index (χ1) is 15.8. The van der Waals surface area contributed by atoms with Gasteiger partial charge in [-0.1, -0.05) is 6.07 Å². The van der Waals surface area contributed by atoms with Crippen LogP contribution in [0.15, 0.2) is 42.5 Å². The molecule has 0 aromatic heterocycles. The molecule has 9 heteroatoms. The van der Waals surface area contributed by atoms with Crippen LogP contribution >= 0.6 is 0 Å². The summed E-state index contributed by atoms with van der Waals surface area (Å²) in [6, 6.07) is 10.0. The van der Waals surface area contributed by atoms with E-state index in [1.165, 1.54) is 12.1 Å². The third kappa shape index (κ3) is 4.79. The van der Waals surface area contributed by atoms with E-state index in [0.717, 1.165) is 17.7 Å². The topological polar surface area (TPSA) is 57.2 Å². The van der Waals surface area contributed by atoms with Crippen LogP contribution in [0, 0.1) is 0 Å². The predicted octanol–water partition coefficient (Wildman–Crippen LogP) is 4.27. The van der Waals surface area contributed by atoms with Crippen molar-refractivity contribution in [1.29, 1.82) is 0 Å². The number of hydrogen-bond donors (Lipinski definition) is 0. The lowest BCUT2D eigenvalue weighted by molar-refractivity contribution is -0.203. The molecule has 0 aliphatic carbocycles. The van der Waals surface area contributed by atoms with E-state index in [1.54, 1.807) is 31.3 Å². The summed E-state index contributed by atoms with van der Waals surface area (Å²) in [4.78, 5) is 14.8. The molecule has 2 saturated heterocycles. The van der Waals surface area contributed by atoms with Crippen LogP contribution < -0.4 is 9.47 Å². The number of ether oxygens (including phenoxy) is 4. The van der Waals surface area contributed by atoms with E-state index in [-0.39, 0.29) is 12.0 Å². The number of methoxy groups -OCH3 is 2. The van der Waals surface area contributed by atoms with Crippen LogP contribution in [0.5, 0.6) is 11.5 Å². The number of benzene rings is 2. The van der Waals surface area contributed by atoms with E-state index in [2.05, 4.69) is 0 Å². The van der Waals surface area contributed by atoms with Gasteiger partial charge in [-0.25, -0.2) is 0 Å². The van der Waals surface area contributed by atoms with Crippen molar-refractivity contribution >= 4 is 5.91 Å². The third-order valence-electron chi connectivity index (χ3n) is 6.21. The first-order valence-corrected chi connectivity index (χ1v) is 10.7. The average molecular weight is 465 g/mol. The molecule has 1 amide bonds. The normalized spacial score (nSPS) is 18.5. The zero-order valence-electron chi connectivity index (χ0n) is 18.5. The second kappa shape index (κ2) is 9.23. The number of rotatable bonds is 6. The van der Waals surface area contributed by atoms with E-state index < -0.39 is 17.3 Å². The van der Waals surface area contributed by atoms with Gasteiger partial charge in [0.25, 0.3) is 5.91 Å². The molecule has 4 rings (SSSR count). The maximum Gasteiger partial charge on any atom is 0.416 e. The van der Waals surface area contributed by atoms with Crippen molar-refractivity contribution in [2.75, 3.05) is 40.5 Å². The highest BCUT2D eigenvalue weighted by molar-refractivity contribution is 5.95.